The maximum atomic E-state index is 12.9. The number of hydrogen-bond acceptors (Lipinski definition) is 4. The Morgan fingerprint density at radius 3 is 2.71 bits per heavy atom. The van der Waals surface area contributed by atoms with Gasteiger partial charge in [0.2, 0.25) is 0 Å². The zero-order chi connectivity index (χ0) is 13.0. The van der Waals surface area contributed by atoms with E-state index in [0.717, 1.165) is 6.20 Å². The highest BCUT2D eigenvalue weighted by Gasteiger charge is 2.26. The van der Waals surface area contributed by atoms with Crippen molar-refractivity contribution in [2.45, 2.75) is 13.3 Å². The third-order valence-corrected chi connectivity index (χ3v) is 2.51. The molecule has 4 nitrogen and oxygen atoms in total. The highest BCUT2D eigenvalue weighted by atomic mass is 79.9. The van der Waals surface area contributed by atoms with Crippen molar-refractivity contribution >= 4 is 21.9 Å². The second-order valence-corrected chi connectivity index (χ2v) is 3.68. The number of methoxy groups -OCH3 is 1. The fraction of sp³-hybridized carbons (Fsp3) is 0.400. The van der Waals surface area contributed by atoms with Crippen molar-refractivity contribution in [3.05, 3.63) is 21.9 Å². The molecule has 0 atom stereocenters. The van der Waals surface area contributed by atoms with Crippen LogP contribution in [0.25, 0.3) is 0 Å². The van der Waals surface area contributed by atoms with Crippen molar-refractivity contribution in [3.63, 3.8) is 0 Å². The molecule has 0 fully saturated rings. The Labute approximate surface area is 105 Å². The van der Waals surface area contributed by atoms with Gasteiger partial charge in [-0.05, 0) is 22.9 Å². The Morgan fingerprint density at radius 2 is 2.24 bits per heavy atom. The Morgan fingerprint density at radius 1 is 1.59 bits per heavy atom. The van der Waals surface area contributed by atoms with Gasteiger partial charge in [0, 0.05) is 6.20 Å². The van der Waals surface area contributed by atoms with E-state index in [2.05, 4.69) is 25.7 Å². The van der Waals surface area contributed by atoms with Crippen LogP contribution < -0.4 is 4.74 Å². The second-order valence-electron chi connectivity index (χ2n) is 2.93. The number of rotatable bonds is 4. The fourth-order valence-corrected chi connectivity index (χ4v) is 1.74. The van der Waals surface area contributed by atoms with E-state index in [9.17, 15) is 13.6 Å². The molecule has 0 saturated carbocycles. The lowest BCUT2D eigenvalue weighted by molar-refractivity contribution is 0.0513. The molecule has 0 bridgehead atoms. The summed E-state index contributed by atoms with van der Waals surface area (Å²) in [6.07, 6.45) is -1.82. The first-order valence-electron chi connectivity index (χ1n) is 4.70. The molecule has 0 aliphatic rings. The van der Waals surface area contributed by atoms with E-state index in [-0.39, 0.29) is 22.5 Å². The van der Waals surface area contributed by atoms with Gasteiger partial charge >= 0.3 is 5.97 Å². The number of aromatic nitrogens is 1. The van der Waals surface area contributed by atoms with Crippen LogP contribution in [0.4, 0.5) is 8.78 Å². The van der Waals surface area contributed by atoms with Gasteiger partial charge in [-0.25, -0.2) is 18.6 Å². The van der Waals surface area contributed by atoms with E-state index in [4.69, 9.17) is 4.74 Å². The SMILES string of the molecule is CCOC(=O)c1cnc(Br)c(OC)c1C(F)F. The summed E-state index contributed by atoms with van der Waals surface area (Å²) >= 11 is 2.98. The van der Waals surface area contributed by atoms with E-state index >= 15 is 0 Å². The summed E-state index contributed by atoms with van der Waals surface area (Å²) in [5.41, 5.74) is -0.810. The van der Waals surface area contributed by atoms with Crippen LogP contribution in [0.5, 0.6) is 5.75 Å². The van der Waals surface area contributed by atoms with Crippen LogP contribution in [0.2, 0.25) is 0 Å². The number of ether oxygens (including phenoxy) is 2. The van der Waals surface area contributed by atoms with Crippen molar-refractivity contribution in [2.24, 2.45) is 0 Å². The van der Waals surface area contributed by atoms with E-state index in [1.165, 1.54) is 7.11 Å². The number of pyridine rings is 1. The quantitative estimate of drug-likeness (QED) is 0.634. The van der Waals surface area contributed by atoms with Crippen LogP contribution >= 0.6 is 15.9 Å². The molecule has 7 heteroatoms. The first kappa shape index (κ1) is 13.8. The van der Waals surface area contributed by atoms with Gasteiger partial charge in [0.25, 0.3) is 6.43 Å². The molecule has 0 N–H and O–H groups in total. The van der Waals surface area contributed by atoms with E-state index in [1.54, 1.807) is 6.92 Å². The number of carbonyl (C=O) groups is 1. The minimum atomic E-state index is -2.86. The second kappa shape index (κ2) is 5.90. The summed E-state index contributed by atoms with van der Waals surface area (Å²) in [7, 11) is 1.22. The molecule has 1 aromatic heterocycles. The maximum Gasteiger partial charge on any atom is 0.340 e. The summed E-state index contributed by atoms with van der Waals surface area (Å²) in [6.45, 7) is 1.68. The minimum Gasteiger partial charge on any atom is -0.493 e. The summed E-state index contributed by atoms with van der Waals surface area (Å²) in [6, 6.07) is 0. The summed E-state index contributed by atoms with van der Waals surface area (Å²) in [5, 5.41) is 0. The molecule has 0 aliphatic heterocycles. The average molecular weight is 310 g/mol. The average Bonchev–Trinajstić information content (AvgIpc) is 2.28. The maximum absolute atomic E-state index is 12.9. The van der Waals surface area contributed by atoms with E-state index < -0.39 is 18.0 Å². The van der Waals surface area contributed by atoms with Crippen molar-refractivity contribution in [1.82, 2.24) is 4.98 Å². The number of nitrogens with zero attached hydrogens (tertiary/aromatic N) is 1. The number of halogens is 3. The predicted molar refractivity (Wildman–Crippen MR) is 59.4 cm³/mol. The van der Waals surface area contributed by atoms with Gasteiger partial charge < -0.3 is 9.47 Å². The van der Waals surface area contributed by atoms with E-state index in [1.807, 2.05) is 0 Å². The van der Waals surface area contributed by atoms with Crippen LogP contribution in [0.1, 0.15) is 29.3 Å². The molecule has 0 unspecified atom stereocenters. The van der Waals surface area contributed by atoms with Crippen molar-refractivity contribution in [1.29, 1.82) is 0 Å². The molecule has 1 aromatic rings. The van der Waals surface area contributed by atoms with Gasteiger partial charge in [-0.1, -0.05) is 0 Å². The summed E-state index contributed by atoms with van der Waals surface area (Å²) < 4.78 is 35.4. The topological polar surface area (TPSA) is 48.4 Å². The zero-order valence-electron chi connectivity index (χ0n) is 9.17. The first-order valence-corrected chi connectivity index (χ1v) is 5.49. The van der Waals surface area contributed by atoms with Gasteiger partial charge in [-0.2, -0.15) is 0 Å². The molecule has 1 rings (SSSR count). The Hall–Kier alpha value is -1.24. The lowest BCUT2D eigenvalue weighted by Crippen LogP contribution is -2.11. The molecule has 0 saturated heterocycles. The molecule has 0 aliphatic carbocycles. The Balaban J connectivity index is 3.35. The minimum absolute atomic E-state index is 0.0971. The zero-order valence-corrected chi connectivity index (χ0v) is 10.8. The largest absolute Gasteiger partial charge is 0.493 e. The van der Waals surface area contributed by atoms with Crippen LogP contribution in [-0.4, -0.2) is 24.7 Å². The van der Waals surface area contributed by atoms with Crippen molar-refractivity contribution in [3.8, 4) is 5.75 Å². The number of alkyl halides is 2. The van der Waals surface area contributed by atoms with Gasteiger partial charge in [0.1, 0.15) is 4.60 Å². The molecule has 0 amide bonds. The van der Waals surface area contributed by atoms with Gasteiger partial charge in [-0.3, -0.25) is 0 Å². The number of esters is 1. The van der Waals surface area contributed by atoms with Crippen molar-refractivity contribution < 1.29 is 23.0 Å². The van der Waals surface area contributed by atoms with Crippen LogP contribution in [0.15, 0.2) is 10.8 Å². The van der Waals surface area contributed by atoms with E-state index in [0.29, 0.717) is 0 Å². The Bertz CT molecular complexity index is 426. The van der Waals surface area contributed by atoms with Crippen molar-refractivity contribution in [2.75, 3.05) is 13.7 Å². The molecular formula is C10H10BrF2NO3. The molecule has 0 radical (unpaired) electrons. The molecular weight excluding hydrogens is 300 g/mol. The van der Waals surface area contributed by atoms with Crippen LogP contribution in [0, 0.1) is 0 Å². The highest BCUT2D eigenvalue weighted by Crippen LogP contribution is 2.36. The monoisotopic (exact) mass is 309 g/mol. The lowest BCUT2D eigenvalue weighted by Gasteiger charge is -2.13. The highest BCUT2D eigenvalue weighted by molar-refractivity contribution is 9.10. The normalized spacial score (nSPS) is 10.5. The lowest BCUT2D eigenvalue weighted by atomic mass is 10.1. The van der Waals surface area contributed by atoms with Crippen LogP contribution in [-0.2, 0) is 4.74 Å². The van der Waals surface area contributed by atoms with Gasteiger partial charge in [-0.15, -0.1) is 0 Å². The third kappa shape index (κ3) is 2.91. The Kier molecular flexibility index (Phi) is 4.80. The standard InChI is InChI=1S/C10H10BrF2NO3/c1-3-17-10(15)5-4-14-8(11)7(16-2)6(5)9(12)13/h4,9H,3H2,1-2H3. The molecule has 1 heterocycles. The molecule has 17 heavy (non-hydrogen) atoms. The third-order valence-electron chi connectivity index (χ3n) is 1.95. The number of hydrogen-bond donors (Lipinski definition) is 0. The van der Waals surface area contributed by atoms with Gasteiger partial charge in [0.05, 0.1) is 24.8 Å². The van der Waals surface area contributed by atoms with Crippen LogP contribution in [0.3, 0.4) is 0 Å². The molecule has 0 spiro atoms. The molecule has 0 aromatic carbocycles. The van der Waals surface area contributed by atoms with Gasteiger partial charge in [0.15, 0.2) is 5.75 Å². The smallest absolute Gasteiger partial charge is 0.340 e. The summed E-state index contributed by atoms with van der Waals surface area (Å²) in [4.78, 5) is 15.2. The fourth-order valence-electron chi connectivity index (χ4n) is 1.27. The predicted octanol–water partition coefficient (Wildman–Crippen LogP) is 2.97. The first-order chi connectivity index (χ1) is 8.02. The summed E-state index contributed by atoms with van der Waals surface area (Å²) in [5.74, 6) is -1.01. The molecule has 94 valence electrons. The number of carbonyl (C=O) groups excluding carboxylic acids is 1.